The molecule has 0 saturated heterocycles. The van der Waals surface area contributed by atoms with Gasteiger partial charge >= 0.3 is 0 Å². The summed E-state index contributed by atoms with van der Waals surface area (Å²) in [4.78, 5) is 0. The van der Waals surface area contributed by atoms with E-state index in [9.17, 15) is 0 Å². The third-order valence-corrected chi connectivity index (χ3v) is 2.69. The highest BCUT2D eigenvalue weighted by Crippen LogP contribution is 2.27. The van der Waals surface area contributed by atoms with Crippen LogP contribution in [0.1, 0.15) is 5.56 Å². The topological polar surface area (TPSA) is 67.1 Å². The molecule has 3 aromatic rings. The average molecular weight is 245 g/mol. The standard InChI is InChI=1S/C11H5ClN4O/c12-10-8(2-4-17-10)11-15-14-9-5-7(6-13)1-3-16(9)11/h1-5H. The maximum atomic E-state index is 8.79. The van der Waals surface area contributed by atoms with Gasteiger partial charge in [0.25, 0.3) is 0 Å². The molecule has 0 aliphatic rings. The molecular weight excluding hydrogens is 240 g/mol. The van der Waals surface area contributed by atoms with E-state index >= 15 is 0 Å². The minimum atomic E-state index is 0.267. The normalized spacial score (nSPS) is 10.6. The molecule has 0 unspecified atom stereocenters. The van der Waals surface area contributed by atoms with Crippen molar-refractivity contribution in [2.45, 2.75) is 0 Å². The van der Waals surface area contributed by atoms with Crippen LogP contribution in [0.25, 0.3) is 17.0 Å². The first-order valence-electron chi connectivity index (χ1n) is 4.78. The van der Waals surface area contributed by atoms with Crippen molar-refractivity contribution in [1.29, 1.82) is 5.26 Å². The largest absolute Gasteiger partial charge is 0.452 e. The average Bonchev–Trinajstić information content (AvgIpc) is 2.94. The van der Waals surface area contributed by atoms with Crippen molar-refractivity contribution in [1.82, 2.24) is 14.6 Å². The van der Waals surface area contributed by atoms with Gasteiger partial charge in [-0.1, -0.05) is 0 Å². The number of nitrogens with zero attached hydrogens (tertiary/aromatic N) is 4. The molecule has 3 rings (SSSR count). The fourth-order valence-electron chi connectivity index (χ4n) is 1.60. The number of aromatic nitrogens is 3. The Labute approximate surface area is 101 Å². The molecule has 5 nitrogen and oxygen atoms in total. The first-order valence-corrected chi connectivity index (χ1v) is 5.15. The lowest BCUT2D eigenvalue weighted by Gasteiger charge is -1.97. The molecule has 0 bridgehead atoms. The zero-order chi connectivity index (χ0) is 11.8. The first-order chi connectivity index (χ1) is 8.29. The molecule has 6 heteroatoms. The summed E-state index contributed by atoms with van der Waals surface area (Å²) in [5.41, 5.74) is 1.80. The van der Waals surface area contributed by atoms with E-state index in [2.05, 4.69) is 10.2 Å². The smallest absolute Gasteiger partial charge is 0.204 e. The van der Waals surface area contributed by atoms with Gasteiger partial charge in [0.1, 0.15) is 0 Å². The van der Waals surface area contributed by atoms with Crippen LogP contribution in [-0.2, 0) is 0 Å². The van der Waals surface area contributed by atoms with Crippen LogP contribution in [0, 0.1) is 11.3 Å². The van der Waals surface area contributed by atoms with E-state index in [0.717, 1.165) is 0 Å². The van der Waals surface area contributed by atoms with Crippen LogP contribution in [0.3, 0.4) is 0 Å². The van der Waals surface area contributed by atoms with E-state index in [1.807, 2.05) is 6.07 Å². The summed E-state index contributed by atoms with van der Waals surface area (Å²) in [5.74, 6) is 0.586. The highest BCUT2D eigenvalue weighted by Gasteiger charge is 2.13. The van der Waals surface area contributed by atoms with Gasteiger partial charge in [0.05, 0.1) is 23.5 Å². The van der Waals surface area contributed by atoms with Crippen molar-refractivity contribution in [2.75, 3.05) is 0 Å². The Hall–Kier alpha value is -2.32. The van der Waals surface area contributed by atoms with Gasteiger partial charge in [-0.05, 0) is 23.7 Å². The Bertz CT molecular complexity index is 737. The number of pyridine rings is 1. The Morgan fingerprint density at radius 2 is 2.24 bits per heavy atom. The lowest BCUT2D eigenvalue weighted by molar-refractivity contribution is 0.570. The van der Waals surface area contributed by atoms with Gasteiger partial charge in [-0.15, -0.1) is 10.2 Å². The molecular formula is C11H5ClN4O. The summed E-state index contributed by atoms with van der Waals surface area (Å²) < 4.78 is 6.76. The molecule has 0 amide bonds. The Morgan fingerprint density at radius 1 is 1.35 bits per heavy atom. The molecule has 0 aliphatic heterocycles. The van der Waals surface area contributed by atoms with E-state index in [0.29, 0.717) is 22.6 Å². The summed E-state index contributed by atoms with van der Waals surface area (Å²) in [6.45, 7) is 0. The minimum absolute atomic E-state index is 0.267. The van der Waals surface area contributed by atoms with Crippen LogP contribution in [0.15, 0.2) is 35.1 Å². The third kappa shape index (κ3) is 1.47. The second-order valence-corrected chi connectivity index (χ2v) is 3.73. The van der Waals surface area contributed by atoms with Gasteiger partial charge in [0.15, 0.2) is 11.5 Å². The molecule has 0 radical (unpaired) electrons. The number of halogens is 1. The second kappa shape index (κ2) is 3.61. The molecule has 0 saturated carbocycles. The minimum Gasteiger partial charge on any atom is -0.452 e. The van der Waals surface area contributed by atoms with Crippen LogP contribution in [-0.4, -0.2) is 14.6 Å². The molecule has 82 valence electrons. The predicted molar refractivity (Wildman–Crippen MR) is 60.4 cm³/mol. The highest BCUT2D eigenvalue weighted by atomic mass is 35.5. The zero-order valence-corrected chi connectivity index (χ0v) is 9.22. The van der Waals surface area contributed by atoms with E-state index < -0.39 is 0 Å². The maximum Gasteiger partial charge on any atom is 0.204 e. The van der Waals surface area contributed by atoms with Gasteiger partial charge in [-0.2, -0.15) is 5.26 Å². The van der Waals surface area contributed by atoms with Gasteiger partial charge in [0, 0.05) is 12.3 Å². The SMILES string of the molecule is N#Cc1ccn2c(-c3ccoc3Cl)nnc2c1. The van der Waals surface area contributed by atoms with Crippen LogP contribution >= 0.6 is 11.6 Å². The van der Waals surface area contributed by atoms with Crippen molar-refractivity contribution in [2.24, 2.45) is 0 Å². The highest BCUT2D eigenvalue weighted by molar-refractivity contribution is 6.31. The molecule has 0 fully saturated rings. The van der Waals surface area contributed by atoms with E-state index in [1.54, 1.807) is 28.8 Å². The van der Waals surface area contributed by atoms with Crippen molar-refractivity contribution in [3.63, 3.8) is 0 Å². The Kier molecular flexibility index (Phi) is 2.10. The summed E-state index contributed by atoms with van der Waals surface area (Å²) in [7, 11) is 0. The van der Waals surface area contributed by atoms with Crippen LogP contribution in [0.5, 0.6) is 0 Å². The molecule has 17 heavy (non-hydrogen) atoms. The summed E-state index contributed by atoms with van der Waals surface area (Å²) >= 11 is 5.89. The lowest BCUT2D eigenvalue weighted by atomic mass is 10.3. The fourth-order valence-corrected chi connectivity index (χ4v) is 1.80. The molecule has 3 heterocycles. The van der Waals surface area contributed by atoms with Gasteiger partial charge in [0.2, 0.25) is 5.22 Å². The molecule has 0 atom stereocenters. The Morgan fingerprint density at radius 3 is 2.94 bits per heavy atom. The number of nitriles is 1. The van der Waals surface area contributed by atoms with Gasteiger partial charge < -0.3 is 4.42 Å². The summed E-state index contributed by atoms with van der Waals surface area (Å²) in [6.07, 6.45) is 3.22. The van der Waals surface area contributed by atoms with Crippen LogP contribution in [0.4, 0.5) is 0 Å². The number of furan rings is 1. The number of hydrogen-bond donors (Lipinski definition) is 0. The molecule has 0 aromatic carbocycles. The first kappa shape index (κ1) is 9.87. The number of hydrogen-bond acceptors (Lipinski definition) is 4. The molecule has 0 aliphatic carbocycles. The van der Waals surface area contributed by atoms with E-state index in [-0.39, 0.29) is 5.22 Å². The molecule has 0 spiro atoms. The van der Waals surface area contributed by atoms with Crippen LogP contribution < -0.4 is 0 Å². The monoisotopic (exact) mass is 244 g/mol. The number of rotatable bonds is 1. The molecule has 0 N–H and O–H groups in total. The molecule has 3 aromatic heterocycles. The van der Waals surface area contributed by atoms with Crippen LogP contribution in [0.2, 0.25) is 5.22 Å². The Balaban J connectivity index is 2.27. The van der Waals surface area contributed by atoms with E-state index in [1.165, 1.54) is 6.26 Å². The third-order valence-electron chi connectivity index (χ3n) is 2.40. The van der Waals surface area contributed by atoms with E-state index in [4.69, 9.17) is 21.3 Å². The second-order valence-electron chi connectivity index (χ2n) is 3.39. The zero-order valence-electron chi connectivity index (χ0n) is 8.46. The number of fused-ring (bicyclic) bond motifs is 1. The quantitative estimate of drug-likeness (QED) is 0.660. The van der Waals surface area contributed by atoms with Crippen molar-refractivity contribution >= 4 is 17.2 Å². The lowest BCUT2D eigenvalue weighted by Crippen LogP contribution is -1.89. The maximum absolute atomic E-state index is 8.79. The fraction of sp³-hybridized carbons (Fsp3) is 0. The summed E-state index contributed by atoms with van der Waals surface area (Å²) in [6, 6.07) is 7.11. The van der Waals surface area contributed by atoms with Gasteiger partial charge in [-0.3, -0.25) is 4.40 Å². The van der Waals surface area contributed by atoms with Crippen molar-refractivity contribution < 1.29 is 4.42 Å². The van der Waals surface area contributed by atoms with Gasteiger partial charge in [-0.25, -0.2) is 0 Å². The predicted octanol–water partition coefficient (Wildman–Crippen LogP) is 2.51. The van der Waals surface area contributed by atoms with Crippen molar-refractivity contribution in [3.05, 3.63) is 41.4 Å². The van der Waals surface area contributed by atoms with Crippen molar-refractivity contribution in [3.8, 4) is 17.5 Å². The summed E-state index contributed by atoms with van der Waals surface area (Å²) in [5, 5.41) is 17.1.